The molecule has 10 heteroatoms. The maximum absolute atomic E-state index is 13.3. The van der Waals surface area contributed by atoms with Gasteiger partial charge in [0.2, 0.25) is 0 Å². The van der Waals surface area contributed by atoms with Gasteiger partial charge in [-0.25, -0.2) is 4.98 Å². The molecule has 3 aromatic rings. The highest BCUT2D eigenvalue weighted by Crippen LogP contribution is 2.39. The summed E-state index contributed by atoms with van der Waals surface area (Å²) in [5.74, 6) is 0.959. The molecule has 0 radical (unpaired) electrons. The van der Waals surface area contributed by atoms with E-state index in [0.29, 0.717) is 48.5 Å². The smallest absolute Gasteiger partial charge is 0.270 e. The van der Waals surface area contributed by atoms with Gasteiger partial charge in [0.05, 0.1) is 15.1 Å². The van der Waals surface area contributed by atoms with Gasteiger partial charge in [-0.15, -0.1) is 0 Å². The Hall–Kier alpha value is -3.24. The Balaban J connectivity index is 1.72. The standard InChI is InChI=1S/C20H20N4O5S/c1-22(2)6-7-23(19(25)13-4-3-5-14(10-13)24(26)27)20-21-15-11-16-17(12-18(15)30-20)29-9-8-28-16/h3-5,10-12H,6-9H2,1-2H3. The van der Waals surface area contributed by atoms with Crippen LogP contribution in [0.2, 0.25) is 0 Å². The topological polar surface area (TPSA) is 98.0 Å². The number of carbonyl (C=O) groups excluding carboxylic acids is 1. The zero-order valence-corrected chi connectivity index (χ0v) is 17.3. The van der Waals surface area contributed by atoms with E-state index in [0.717, 1.165) is 4.70 Å². The van der Waals surface area contributed by atoms with Crippen molar-refractivity contribution in [1.29, 1.82) is 0 Å². The Labute approximate surface area is 176 Å². The molecule has 1 amide bonds. The van der Waals surface area contributed by atoms with E-state index < -0.39 is 4.92 Å². The highest BCUT2D eigenvalue weighted by molar-refractivity contribution is 7.22. The van der Waals surface area contributed by atoms with Crippen LogP contribution in [0, 0.1) is 10.1 Å². The monoisotopic (exact) mass is 428 g/mol. The molecule has 0 fully saturated rings. The number of hydrogen-bond donors (Lipinski definition) is 0. The zero-order chi connectivity index (χ0) is 21.3. The Morgan fingerprint density at radius 1 is 1.17 bits per heavy atom. The molecule has 1 aliphatic heterocycles. The fraction of sp³-hybridized carbons (Fsp3) is 0.300. The molecular formula is C20H20N4O5S. The Bertz CT molecular complexity index is 1070. The molecule has 0 spiro atoms. The highest BCUT2D eigenvalue weighted by atomic mass is 32.1. The summed E-state index contributed by atoms with van der Waals surface area (Å²) in [6, 6.07) is 9.42. The molecule has 0 unspecified atom stereocenters. The molecule has 1 aromatic heterocycles. The van der Waals surface area contributed by atoms with E-state index in [1.54, 1.807) is 11.0 Å². The number of nitro benzene ring substituents is 1. The summed E-state index contributed by atoms with van der Waals surface area (Å²) in [6.45, 7) is 1.97. The van der Waals surface area contributed by atoms with Gasteiger partial charge in [-0.05, 0) is 20.2 Å². The lowest BCUT2D eigenvalue weighted by Gasteiger charge is -2.22. The Morgan fingerprint density at radius 3 is 2.60 bits per heavy atom. The number of aromatic nitrogens is 1. The summed E-state index contributed by atoms with van der Waals surface area (Å²) in [6.07, 6.45) is 0. The van der Waals surface area contributed by atoms with Crippen molar-refractivity contribution in [1.82, 2.24) is 9.88 Å². The number of fused-ring (bicyclic) bond motifs is 2. The summed E-state index contributed by atoms with van der Waals surface area (Å²) in [5.41, 5.74) is 0.828. The van der Waals surface area contributed by atoms with Gasteiger partial charge in [0, 0.05) is 42.9 Å². The fourth-order valence-corrected chi connectivity index (χ4v) is 4.06. The van der Waals surface area contributed by atoms with Crippen molar-refractivity contribution in [2.75, 3.05) is 45.3 Å². The van der Waals surface area contributed by atoms with E-state index in [9.17, 15) is 14.9 Å². The van der Waals surface area contributed by atoms with Crippen LogP contribution < -0.4 is 14.4 Å². The number of anilines is 1. The molecular weight excluding hydrogens is 408 g/mol. The molecule has 156 valence electrons. The molecule has 0 atom stereocenters. The average molecular weight is 428 g/mol. The molecule has 1 aliphatic rings. The molecule has 0 saturated heterocycles. The number of rotatable bonds is 6. The second-order valence-corrected chi connectivity index (χ2v) is 8.04. The number of thiazole rings is 1. The molecule has 0 saturated carbocycles. The van der Waals surface area contributed by atoms with Crippen molar-refractivity contribution in [2.45, 2.75) is 0 Å². The summed E-state index contributed by atoms with van der Waals surface area (Å²) < 4.78 is 12.1. The number of benzene rings is 2. The number of likely N-dealkylation sites (N-methyl/N-ethyl adjacent to an activating group) is 1. The molecule has 0 bridgehead atoms. The number of carbonyl (C=O) groups is 1. The largest absolute Gasteiger partial charge is 0.486 e. The third-order valence-electron chi connectivity index (χ3n) is 4.59. The van der Waals surface area contributed by atoms with Crippen molar-refractivity contribution in [3.05, 3.63) is 52.1 Å². The van der Waals surface area contributed by atoms with Crippen molar-refractivity contribution in [3.63, 3.8) is 0 Å². The first-order chi connectivity index (χ1) is 14.4. The summed E-state index contributed by atoms with van der Waals surface area (Å²) in [4.78, 5) is 32.0. The number of nitrogens with zero attached hydrogens (tertiary/aromatic N) is 4. The summed E-state index contributed by atoms with van der Waals surface area (Å²) in [7, 11) is 3.83. The predicted octanol–water partition coefficient (Wildman–Crippen LogP) is 3.18. The second-order valence-electron chi connectivity index (χ2n) is 7.03. The number of nitro groups is 1. The van der Waals surface area contributed by atoms with E-state index >= 15 is 0 Å². The van der Waals surface area contributed by atoms with E-state index in [2.05, 4.69) is 4.98 Å². The summed E-state index contributed by atoms with van der Waals surface area (Å²) in [5, 5.41) is 11.6. The molecule has 0 N–H and O–H groups in total. The first-order valence-corrected chi connectivity index (χ1v) is 10.2. The van der Waals surface area contributed by atoms with Gasteiger partial charge in [0.15, 0.2) is 16.6 Å². The van der Waals surface area contributed by atoms with Crippen molar-refractivity contribution < 1.29 is 19.2 Å². The van der Waals surface area contributed by atoms with Crippen LogP contribution in [0.15, 0.2) is 36.4 Å². The van der Waals surface area contributed by atoms with E-state index in [1.807, 2.05) is 31.1 Å². The third kappa shape index (κ3) is 4.05. The van der Waals surface area contributed by atoms with Gasteiger partial charge in [0.1, 0.15) is 13.2 Å². The van der Waals surface area contributed by atoms with Gasteiger partial charge in [-0.3, -0.25) is 19.8 Å². The number of hydrogen-bond acceptors (Lipinski definition) is 8. The minimum Gasteiger partial charge on any atom is -0.486 e. The van der Waals surface area contributed by atoms with Crippen LogP contribution in [0.25, 0.3) is 10.2 Å². The lowest BCUT2D eigenvalue weighted by atomic mass is 10.2. The maximum atomic E-state index is 13.3. The second kappa shape index (κ2) is 8.25. The zero-order valence-electron chi connectivity index (χ0n) is 16.5. The SMILES string of the molecule is CN(C)CCN(C(=O)c1cccc([N+](=O)[O-])c1)c1nc2cc3c(cc2s1)OCCO3. The number of ether oxygens (including phenoxy) is 2. The molecule has 2 heterocycles. The van der Waals surface area contributed by atoms with Crippen LogP contribution in [-0.4, -0.2) is 61.1 Å². The van der Waals surface area contributed by atoms with Crippen LogP contribution >= 0.6 is 11.3 Å². The molecule has 0 aliphatic carbocycles. The van der Waals surface area contributed by atoms with Crippen molar-refractivity contribution in [2.24, 2.45) is 0 Å². The first kappa shape index (κ1) is 20.0. The Kier molecular flexibility index (Phi) is 5.51. The fourth-order valence-electron chi connectivity index (χ4n) is 3.06. The molecule has 9 nitrogen and oxygen atoms in total. The molecule has 4 rings (SSSR count). The highest BCUT2D eigenvalue weighted by Gasteiger charge is 2.24. The van der Waals surface area contributed by atoms with E-state index in [-0.39, 0.29) is 17.2 Å². The lowest BCUT2D eigenvalue weighted by Crippen LogP contribution is -2.36. The van der Waals surface area contributed by atoms with Gasteiger partial charge in [0.25, 0.3) is 11.6 Å². The van der Waals surface area contributed by atoms with Gasteiger partial charge in [-0.2, -0.15) is 0 Å². The molecule has 2 aromatic carbocycles. The lowest BCUT2D eigenvalue weighted by molar-refractivity contribution is -0.384. The predicted molar refractivity (Wildman–Crippen MR) is 114 cm³/mol. The van der Waals surface area contributed by atoms with Gasteiger partial charge < -0.3 is 14.4 Å². The Morgan fingerprint density at radius 2 is 1.90 bits per heavy atom. The maximum Gasteiger partial charge on any atom is 0.270 e. The summed E-state index contributed by atoms with van der Waals surface area (Å²) >= 11 is 1.37. The minimum absolute atomic E-state index is 0.125. The van der Waals surface area contributed by atoms with E-state index in [1.165, 1.54) is 29.5 Å². The van der Waals surface area contributed by atoms with Gasteiger partial charge >= 0.3 is 0 Å². The van der Waals surface area contributed by atoms with Gasteiger partial charge in [-0.1, -0.05) is 17.4 Å². The van der Waals surface area contributed by atoms with Crippen LogP contribution in [0.4, 0.5) is 10.8 Å². The van der Waals surface area contributed by atoms with Crippen LogP contribution in [0.5, 0.6) is 11.5 Å². The van der Waals surface area contributed by atoms with Crippen LogP contribution in [-0.2, 0) is 0 Å². The van der Waals surface area contributed by atoms with Crippen molar-refractivity contribution in [3.8, 4) is 11.5 Å². The average Bonchev–Trinajstić information content (AvgIpc) is 3.14. The minimum atomic E-state index is -0.511. The quantitative estimate of drug-likeness (QED) is 0.439. The van der Waals surface area contributed by atoms with Crippen LogP contribution in [0.3, 0.4) is 0 Å². The number of amides is 1. The van der Waals surface area contributed by atoms with Crippen LogP contribution in [0.1, 0.15) is 10.4 Å². The number of non-ortho nitro benzene ring substituents is 1. The third-order valence-corrected chi connectivity index (χ3v) is 5.63. The van der Waals surface area contributed by atoms with Crippen molar-refractivity contribution >= 4 is 38.3 Å². The molecule has 30 heavy (non-hydrogen) atoms. The first-order valence-electron chi connectivity index (χ1n) is 9.33. The van der Waals surface area contributed by atoms with E-state index in [4.69, 9.17) is 9.47 Å². The normalized spacial score (nSPS) is 12.9.